The summed E-state index contributed by atoms with van der Waals surface area (Å²) in [5, 5.41) is 4.23. The molecule has 2 aromatic carbocycles. The van der Waals surface area contributed by atoms with Gasteiger partial charge in [0.2, 0.25) is 5.76 Å². The number of ether oxygens (including phenoxy) is 4. The van der Waals surface area contributed by atoms with Crippen LogP contribution in [0.1, 0.15) is 64.1 Å². The second kappa shape index (κ2) is 10.8. The standard InChI is InChI=1S/C32H38FNO6/c1-31(2)27(32(31,3)4)18-39-30-26(34-40-29(30)24-15-21(36-5)12-13-25(24)33)17-38-22-9-7-8-20(14-22)23(19-10-11-19)16-28(35)37-6/h7-9,12-15,19,23,27H,10-11,16-18H2,1-6H3. The summed E-state index contributed by atoms with van der Waals surface area (Å²) in [5.41, 5.74) is 1.92. The normalized spacial score (nSPS) is 18.2. The largest absolute Gasteiger partial charge is 0.497 e. The van der Waals surface area contributed by atoms with Crippen LogP contribution in [0.25, 0.3) is 11.3 Å². The molecule has 3 aromatic rings. The van der Waals surface area contributed by atoms with Crippen LogP contribution in [0, 0.1) is 28.5 Å². The predicted octanol–water partition coefficient (Wildman–Crippen LogP) is 7.19. The van der Waals surface area contributed by atoms with Gasteiger partial charge < -0.3 is 23.5 Å². The number of hydrogen-bond acceptors (Lipinski definition) is 7. The highest BCUT2D eigenvalue weighted by atomic mass is 19.1. The Kier molecular flexibility index (Phi) is 7.55. The van der Waals surface area contributed by atoms with Gasteiger partial charge in [-0.15, -0.1) is 0 Å². The van der Waals surface area contributed by atoms with Crippen molar-refractivity contribution in [3.05, 3.63) is 59.5 Å². The van der Waals surface area contributed by atoms with E-state index in [0.29, 0.717) is 47.8 Å². The van der Waals surface area contributed by atoms with Crippen LogP contribution >= 0.6 is 0 Å². The molecular weight excluding hydrogens is 513 g/mol. The third kappa shape index (κ3) is 5.40. The van der Waals surface area contributed by atoms with Crippen LogP contribution < -0.4 is 14.2 Å². The molecule has 1 heterocycles. The molecule has 2 aliphatic rings. The number of aromatic nitrogens is 1. The monoisotopic (exact) mass is 551 g/mol. The molecule has 2 fully saturated rings. The number of carbonyl (C=O) groups excluding carboxylic acids is 1. The first-order valence-corrected chi connectivity index (χ1v) is 13.8. The van der Waals surface area contributed by atoms with Gasteiger partial charge in [-0.3, -0.25) is 4.79 Å². The average Bonchev–Trinajstić information content (AvgIpc) is 3.79. The number of carbonyl (C=O) groups is 1. The molecule has 40 heavy (non-hydrogen) atoms. The van der Waals surface area contributed by atoms with Crippen molar-refractivity contribution in [2.75, 3.05) is 20.8 Å². The maximum absolute atomic E-state index is 14.9. The fourth-order valence-corrected chi connectivity index (χ4v) is 5.75. The minimum absolute atomic E-state index is 0.0659. The highest BCUT2D eigenvalue weighted by Crippen LogP contribution is 2.68. The zero-order valence-corrected chi connectivity index (χ0v) is 24.1. The summed E-state index contributed by atoms with van der Waals surface area (Å²) in [5.74, 6) is 1.90. The van der Waals surface area contributed by atoms with Crippen LogP contribution in [-0.2, 0) is 16.1 Å². The molecule has 0 saturated heterocycles. The van der Waals surface area contributed by atoms with Crippen molar-refractivity contribution in [2.24, 2.45) is 22.7 Å². The molecule has 0 spiro atoms. The van der Waals surface area contributed by atoms with Crippen LogP contribution in [0.4, 0.5) is 4.39 Å². The van der Waals surface area contributed by atoms with E-state index in [1.54, 1.807) is 12.1 Å². The predicted molar refractivity (Wildman–Crippen MR) is 148 cm³/mol. The lowest BCUT2D eigenvalue weighted by Crippen LogP contribution is -2.10. The number of halogens is 1. The third-order valence-electron chi connectivity index (χ3n) is 9.31. The summed E-state index contributed by atoms with van der Waals surface area (Å²) in [7, 11) is 2.94. The maximum atomic E-state index is 14.9. The van der Waals surface area contributed by atoms with Gasteiger partial charge in [-0.05, 0) is 71.4 Å². The molecule has 7 nitrogen and oxygen atoms in total. The van der Waals surface area contributed by atoms with Crippen LogP contribution in [0.5, 0.6) is 17.2 Å². The minimum Gasteiger partial charge on any atom is -0.497 e. The first-order valence-electron chi connectivity index (χ1n) is 13.8. The molecule has 2 saturated carbocycles. The third-order valence-corrected chi connectivity index (χ3v) is 9.31. The number of esters is 1. The molecule has 5 rings (SSSR count). The lowest BCUT2D eigenvalue weighted by molar-refractivity contribution is -0.141. The zero-order valence-electron chi connectivity index (χ0n) is 24.1. The summed E-state index contributed by atoms with van der Waals surface area (Å²) in [6.45, 7) is 9.41. The summed E-state index contributed by atoms with van der Waals surface area (Å²) >= 11 is 0. The smallest absolute Gasteiger partial charge is 0.306 e. The lowest BCUT2D eigenvalue weighted by Gasteiger charge is -2.16. The van der Waals surface area contributed by atoms with Gasteiger partial charge >= 0.3 is 5.97 Å². The quantitative estimate of drug-likeness (QED) is 0.221. The Morgan fingerprint density at radius 1 is 1.05 bits per heavy atom. The van der Waals surface area contributed by atoms with Gasteiger partial charge in [0.05, 0.1) is 32.8 Å². The molecule has 0 radical (unpaired) electrons. The van der Waals surface area contributed by atoms with Crippen LogP contribution in [0.15, 0.2) is 47.0 Å². The van der Waals surface area contributed by atoms with Gasteiger partial charge in [-0.25, -0.2) is 4.39 Å². The van der Waals surface area contributed by atoms with E-state index in [1.807, 2.05) is 24.3 Å². The maximum Gasteiger partial charge on any atom is 0.306 e. The second-order valence-electron chi connectivity index (χ2n) is 12.0. The number of hydrogen-bond donors (Lipinski definition) is 0. The summed E-state index contributed by atoms with van der Waals surface area (Å²) in [6, 6.07) is 12.2. The Hall–Kier alpha value is -3.55. The molecule has 2 aliphatic carbocycles. The first-order chi connectivity index (χ1) is 19.1. The van der Waals surface area contributed by atoms with E-state index in [9.17, 15) is 9.18 Å². The number of benzene rings is 2. The highest BCUT2D eigenvalue weighted by Gasteiger charge is 2.64. The fraction of sp³-hybridized carbons (Fsp3) is 0.500. The van der Waals surface area contributed by atoms with Crippen molar-refractivity contribution in [3.8, 4) is 28.6 Å². The van der Waals surface area contributed by atoms with Crippen LogP contribution in [0.3, 0.4) is 0 Å². The topological polar surface area (TPSA) is 80.0 Å². The molecule has 1 unspecified atom stereocenters. The van der Waals surface area contributed by atoms with E-state index in [0.717, 1.165) is 18.4 Å². The van der Waals surface area contributed by atoms with E-state index >= 15 is 0 Å². The lowest BCUT2D eigenvalue weighted by atomic mass is 9.91. The van der Waals surface area contributed by atoms with E-state index < -0.39 is 5.82 Å². The zero-order chi connectivity index (χ0) is 28.7. The van der Waals surface area contributed by atoms with E-state index in [-0.39, 0.29) is 40.6 Å². The molecule has 0 N–H and O–H groups in total. The number of methoxy groups -OCH3 is 2. The molecule has 1 atom stereocenters. The number of rotatable bonds is 12. The van der Waals surface area contributed by atoms with E-state index in [4.69, 9.17) is 23.5 Å². The summed E-state index contributed by atoms with van der Waals surface area (Å²) in [6.07, 6.45) is 2.55. The second-order valence-corrected chi connectivity index (χ2v) is 12.0. The SMILES string of the molecule is COC(=O)CC(c1cccc(OCc2noc(-c3cc(OC)ccc3F)c2OCC2C(C)(C)C2(C)C)c1)C1CC1. The first kappa shape index (κ1) is 28.0. The van der Waals surface area contributed by atoms with Gasteiger partial charge in [0.15, 0.2) is 11.4 Å². The van der Waals surface area contributed by atoms with Crippen molar-refractivity contribution < 1.29 is 32.7 Å². The van der Waals surface area contributed by atoms with Crippen LogP contribution in [0.2, 0.25) is 0 Å². The Morgan fingerprint density at radius 2 is 1.80 bits per heavy atom. The van der Waals surface area contributed by atoms with Crippen molar-refractivity contribution in [3.63, 3.8) is 0 Å². The van der Waals surface area contributed by atoms with Gasteiger partial charge in [0.1, 0.15) is 23.9 Å². The van der Waals surface area contributed by atoms with E-state index in [1.165, 1.54) is 20.3 Å². The van der Waals surface area contributed by atoms with Gasteiger partial charge in [-0.1, -0.05) is 45.0 Å². The Bertz CT molecular complexity index is 1360. The fourth-order valence-electron chi connectivity index (χ4n) is 5.75. The minimum atomic E-state index is -0.467. The molecule has 0 amide bonds. The Labute approximate surface area is 234 Å². The van der Waals surface area contributed by atoms with Gasteiger partial charge in [-0.2, -0.15) is 0 Å². The Balaban J connectivity index is 1.39. The molecule has 0 bridgehead atoms. The summed E-state index contributed by atoms with van der Waals surface area (Å²) < 4.78 is 43.3. The highest BCUT2D eigenvalue weighted by molar-refractivity contribution is 5.70. The van der Waals surface area contributed by atoms with Crippen molar-refractivity contribution in [1.29, 1.82) is 0 Å². The molecule has 214 valence electrons. The number of nitrogens with zero attached hydrogens (tertiary/aromatic N) is 1. The molecular formula is C32H38FNO6. The average molecular weight is 552 g/mol. The van der Waals surface area contributed by atoms with Crippen LogP contribution in [-0.4, -0.2) is 32.0 Å². The molecule has 1 aromatic heterocycles. The Morgan fingerprint density at radius 3 is 2.45 bits per heavy atom. The van der Waals surface area contributed by atoms with Gasteiger partial charge in [0.25, 0.3) is 0 Å². The van der Waals surface area contributed by atoms with Gasteiger partial charge in [0, 0.05) is 5.92 Å². The van der Waals surface area contributed by atoms with Crippen molar-refractivity contribution in [1.82, 2.24) is 5.16 Å². The van der Waals surface area contributed by atoms with Crippen molar-refractivity contribution in [2.45, 2.75) is 59.5 Å². The van der Waals surface area contributed by atoms with E-state index in [2.05, 4.69) is 32.9 Å². The molecule has 0 aliphatic heterocycles. The summed E-state index contributed by atoms with van der Waals surface area (Å²) in [4.78, 5) is 12.0. The molecule has 8 heteroatoms. The van der Waals surface area contributed by atoms with Crippen molar-refractivity contribution >= 4 is 5.97 Å².